The molecule has 1 aromatic heterocycles. The lowest BCUT2D eigenvalue weighted by Crippen LogP contribution is -2.10. The molecule has 0 aliphatic rings. The number of ether oxygens (including phenoxy) is 2. The average molecular weight is 324 g/mol. The van der Waals surface area contributed by atoms with E-state index in [1.165, 1.54) is 12.3 Å². The minimum atomic E-state index is -0.354. The fourth-order valence-electron chi connectivity index (χ4n) is 2.04. The van der Waals surface area contributed by atoms with Crippen LogP contribution in [0.3, 0.4) is 0 Å². The topological polar surface area (TPSA) is 73.6 Å². The molecule has 122 valence electrons. The lowest BCUT2D eigenvalue weighted by Gasteiger charge is -2.08. The Balaban J connectivity index is 1.61. The van der Waals surface area contributed by atoms with Crippen LogP contribution in [0.1, 0.15) is 17.5 Å². The van der Waals surface area contributed by atoms with Gasteiger partial charge in [-0.2, -0.15) is 0 Å². The van der Waals surface area contributed by atoms with Crippen molar-refractivity contribution in [2.45, 2.75) is 6.92 Å². The molecule has 1 amide bonds. The maximum atomic E-state index is 11.8. The number of carbonyl (C=O) groups is 1. The molecule has 0 saturated heterocycles. The third kappa shape index (κ3) is 3.92. The van der Waals surface area contributed by atoms with Crippen LogP contribution in [0, 0.1) is 0 Å². The molecule has 0 spiro atoms. The van der Waals surface area contributed by atoms with Crippen LogP contribution in [0.4, 0.5) is 5.69 Å². The molecule has 0 aliphatic heterocycles. The van der Waals surface area contributed by atoms with E-state index in [-0.39, 0.29) is 11.7 Å². The van der Waals surface area contributed by atoms with Gasteiger partial charge >= 0.3 is 0 Å². The molecule has 0 fully saturated rings. The number of amides is 1. The summed E-state index contributed by atoms with van der Waals surface area (Å²) in [6.07, 6.45) is 1.42. The number of nitrogens with one attached hydrogen (secondary N) is 1. The van der Waals surface area contributed by atoms with Crippen LogP contribution >= 0.6 is 0 Å². The van der Waals surface area contributed by atoms with Crippen LogP contribution in [-0.4, -0.2) is 17.7 Å². The van der Waals surface area contributed by atoms with Gasteiger partial charge in [0.1, 0.15) is 17.2 Å². The molecule has 0 unspecified atom stereocenters. The molecule has 2 aromatic carbocycles. The third-order valence-corrected chi connectivity index (χ3v) is 3.14. The zero-order chi connectivity index (χ0) is 16.8. The second-order valence-corrected chi connectivity index (χ2v) is 4.86. The van der Waals surface area contributed by atoms with E-state index in [0.717, 1.165) is 5.75 Å². The maximum absolute atomic E-state index is 11.8. The molecule has 0 radical (unpaired) electrons. The van der Waals surface area contributed by atoms with Crippen LogP contribution < -0.4 is 14.8 Å². The van der Waals surface area contributed by atoms with Gasteiger partial charge in [0.2, 0.25) is 5.76 Å². The number of rotatable bonds is 6. The normalized spacial score (nSPS) is 10.2. The standard InChI is InChI=1S/C18H16N2O4/c1-2-22-14-7-9-16(10-8-14)23-15-5-3-13(4-6-15)20-18(21)17-11-12-19-24-17/h3-12H,2H2,1H3,(H,20,21). The average Bonchev–Trinajstić information content (AvgIpc) is 3.13. The maximum Gasteiger partial charge on any atom is 0.294 e. The largest absolute Gasteiger partial charge is 0.494 e. The molecule has 0 saturated carbocycles. The Morgan fingerprint density at radius 1 is 1.00 bits per heavy atom. The van der Waals surface area contributed by atoms with Crippen molar-refractivity contribution in [2.75, 3.05) is 11.9 Å². The number of hydrogen-bond acceptors (Lipinski definition) is 5. The Labute approximate surface area is 139 Å². The lowest BCUT2D eigenvalue weighted by molar-refractivity contribution is 0.0988. The van der Waals surface area contributed by atoms with Gasteiger partial charge in [-0.1, -0.05) is 5.16 Å². The van der Waals surface area contributed by atoms with Crippen molar-refractivity contribution < 1.29 is 18.8 Å². The molecule has 1 N–H and O–H groups in total. The van der Waals surface area contributed by atoms with Gasteiger partial charge in [-0.15, -0.1) is 0 Å². The first-order chi connectivity index (χ1) is 11.7. The second-order valence-electron chi connectivity index (χ2n) is 4.86. The van der Waals surface area contributed by atoms with Crippen molar-refractivity contribution in [3.8, 4) is 17.2 Å². The number of carbonyl (C=O) groups excluding carboxylic acids is 1. The van der Waals surface area contributed by atoms with Crippen molar-refractivity contribution in [3.05, 3.63) is 66.6 Å². The first-order valence-electron chi connectivity index (χ1n) is 7.47. The highest BCUT2D eigenvalue weighted by molar-refractivity contribution is 6.02. The van der Waals surface area contributed by atoms with Gasteiger partial charge in [0.15, 0.2) is 0 Å². The van der Waals surface area contributed by atoms with Gasteiger partial charge in [-0.3, -0.25) is 4.79 Å². The summed E-state index contributed by atoms with van der Waals surface area (Å²) >= 11 is 0. The summed E-state index contributed by atoms with van der Waals surface area (Å²) in [4.78, 5) is 11.8. The Morgan fingerprint density at radius 2 is 1.62 bits per heavy atom. The second kappa shape index (κ2) is 7.32. The van der Waals surface area contributed by atoms with Gasteiger partial charge in [0.05, 0.1) is 12.8 Å². The van der Waals surface area contributed by atoms with Crippen LogP contribution in [0.5, 0.6) is 17.2 Å². The first kappa shape index (κ1) is 15.6. The molecule has 24 heavy (non-hydrogen) atoms. The Bertz CT molecular complexity index is 781. The monoisotopic (exact) mass is 324 g/mol. The molecule has 6 heteroatoms. The van der Waals surface area contributed by atoms with E-state index in [4.69, 9.17) is 14.0 Å². The molecule has 6 nitrogen and oxygen atoms in total. The number of benzene rings is 2. The summed E-state index contributed by atoms with van der Waals surface area (Å²) in [5.74, 6) is 1.97. The molecule has 0 bridgehead atoms. The number of hydrogen-bond donors (Lipinski definition) is 1. The highest BCUT2D eigenvalue weighted by atomic mass is 16.5. The van der Waals surface area contributed by atoms with Gasteiger partial charge in [-0.25, -0.2) is 0 Å². The Morgan fingerprint density at radius 3 is 2.21 bits per heavy atom. The van der Waals surface area contributed by atoms with E-state index >= 15 is 0 Å². The van der Waals surface area contributed by atoms with E-state index in [1.807, 2.05) is 31.2 Å². The number of aromatic nitrogens is 1. The Hall–Kier alpha value is -3.28. The molecule has 0 atom stereocenters. The quantitative estimate of drug-likeness (QED) is 0.738. The molecule has 1 heterocycles. The fraction of sp³-hybridized carbons (Fsp3) is 0.111. The van der Waals surface area contributed by atoms with Crippen molar-refractivity contribution in [2.24, 2.45) is 0 Å². The summed E-state index contributed by atoms with van der Waals surface area (Å²) in [7, 11) is 0. The number of nitrogens with zero attached hydrogens (tertiary/aromatic N) is 1. The molecular formula is C18H16N2O4. The Kier molecular flexibility index (Phi) is 4.76. The molecule has 0 aliphatic carbocycles. The van der Waals surface area contributed by atoms with Gasteiger partial charge in [0, 0.05) is 11.8 Å². The summed E-state index contributed by atoms with van der Waals surface area (Å²) < 4.78 is 15.9. The first-order valence-corrected chi connectivity index (χ1v) is 7.47. The lowest BCUT2D eigenvalue weighted by atomic mass is 10.3. The third-order valence-electron chi connectivity index (χ3n) is 3.14. The highest BCUT2D eigenvalue weighted by Crippen LogP contribution is 2.25. The van der Waals surface area contributed by atoms with Gasteiger partial charge in [-0.05, 0) is 55.5 Å². The van der Waals surface area contributed by atoms with Crippen LogP contribution in [-0.2, 0) is 0 Å². The van der Waals surface area contributed by atoms with E-state index in [0.29, 0.717) is 23.8 Å². The predicted octanol–water partition coefficient (Wildman–Crippen LogP) is 4.12. The SMILES string of the molecule is CCOc1ccc(Oc2ccc(NC(=O)c3ccno3)cc2)cc1. The van der Waals surface area contributed by atoms with Crippen LogP contribution in [0.25, 0.3) is 0 Å². The summed E-state index contributed by atoms with van der Waals surface area (Å²) in [6.45, 7) is 2.56. The number of anilines is 1. The van der Waals surface area contributed by atoms with Crippen LogP contribution in [0.15, 0.2) is 65.3 Å². The minimum Gasteiger partial charge on any atom is -0.494 e. The van der Waals surface area contributed by atoms with Gasteiger partial charge in [0.25, 0.3) is 5.91 Å². The fourth-order valence-corrected chi connectivity index (χ4v) is 2.04. The zero-order valence-corrected chi connectivity index (χ0v) is 13.1. The van der Waals surface area contributed by atoms with Crippen LogP contribution in [0.2, 0.25) is 0 Å². The predicted molar refractivity (Wildman–Crippen MR) is 88.6 cm³/mol. The van der Waals surface area contributed by atoms with Crippen molar-refractivity contribution >= 4 is 11.6 Å². The summed E-state index contributed by atoms with van der Waals surface area (Å²) in [5, 5.41) is 6.21. The van der Waals surface area contributed by atoms with E-state index in [9.17, 15) is 4.79 Å². The highest BCUT2D eigenvalue weighted by Gasteiger charge is 2.09. The van der Waals surface area contributed by atoms with Crippen molar-refractivity contribution in [1.82, 2.24) is 5.16 Å². The molecule has 3 aromatic rings. The zero-order valence-electron chi connectivity index (χ0n) is 13.1. The molecular weight excluding hydrogens is 308 g/mol. The van der Waals surface area contributed by atoms with E-state index in [2.05, 4.69) is 10.5 Å². The van der Waals surface area contributed by atoms with Crippen molar-refractivity contribution in [3.63, 3.8) is 0 Å². The molecule has 3 rings (SSSR count). The van der Waals surface area contributed by atoms with Crippen molar-refractivity contribution in [1.29, 1.82) is 0 Å². The summed E-state index contributed by atoms with van der Waals surface area (Å²) in [6, 6.07) is 15.9. The minimum absolute atomic E-state index is 0.157. The van der Waals surface area contributed by atoms with E-state index < -0.39 is 0 Å². The summed E-state index contributed by atoms with van der Waals surface area (Å²) in [5.41, 5.74) is 0.635. The van der Waals surface area contributed by atoms with Gasteiger partial charge < -0.3 is 19.3 Å². The van der Waals surface area contributed by atoms with E-state index in [1.54, 1.807) is 24.3 Å². The smallest absolute Gasteiger partial charge is 0.294 e.